The molecule has 2 rings (SSSR count). The summed E-state index contributed by atoms with van der Waals surface area (Å²) < 4.78 is 10.0. The van der Waals surface area contributed by atoms with Crippen LogP contribution in [0.3, 0.4) is 0 Å². The number of pyridine rings is 2. The van der Waals surface area contributed by atoms with Crippen LogP contribution in [0.2, 0.25) is 0 Å². The molecule has 0 aliphatic carbocycles. The minimum atomic E-state index is -0.417. The van der Waals surface area contributed by atoms with Gasteiger partial charge in [0.25, 0.3) is 11.8 Å². The topological polar surface area (TPSA) is 125 Å². The van der Waals surface area contributed by atoms with Crippen molar-refractivity contribution >= 4 is 7.69 Å². The Bertz CT molecular complexity index is 543. The molecule has 0 aliphatic rings. The maximum absolute atomic E-state index is 9.33. The molecule has 0 unspecified atom stereocenters. The minimum Gasteiger partial charge on any atom is -0.525 e. The zero-order valence-electron chi connectivity index (χ0n) is 9.52. The van der Waals surface area contributed by atoms with Gasteiger partial charge in [0.1, 0.15) is 11.5 Å². The Balaban J connectivity index is 2.00. The molecule has 0 aliphatic heterocycles. The average molecular weight is 264 g/mol. The van der Waals surface area contributed by atoms with E-state index >= 15 is 0 Å². The molecular formula is C10H9BN2O6. The van der Waals surface area contributed by atoms with Crippen molar-refractivity contribution in [2.45, 2.75) is 0 Å². The lowest BCUT2D eigenvalue weighted by Gasteiger charge is -2.09. The SMILES string of the molecule is Oc1cnc(O)c(OBOc2cc(O)cnc2O)c1. The highest BCUT2D eigenvalue weighted by molar-refractivity contribution is 6.21. The summed E-state index contributed by atoms with van der Waals surface area (Å²) in [7, 11) is -0.391. The number of aromatic hydroxyl groups is 4. The lowest BCUT2D eigenvalue weighted by atomic mass is 10.3. The Morgan fingerprint density at radius 3 is 1.63 bits per heavy atom. The molecule has 98 valence electrons. The number of hydrogen-bond acceptors (Lipinski definition) is 8. The van der Waals surface area contributed by atoms with Crippen molar-refractivity contribution in [3.8, 4) is 34.8 Å². The van der Waals surface area contributed by atoms with Crippen LogP contribution >= 0.6 is 0 Å². The van der Waals surface area contributed by atoms with Crippen LogP contribution in [0.25, 0.3) is 0 Å². The summed E-state index contributed by atoms with van der Waals surface area (Å²) in [6.07, 6.45) is 2.10. The van der Waals surface area contributed by atoms with E-state index in [9.17, 15) is 10.2 Å². The molecule has 19 heavy (non-hydrogen) atoms. The fraction of sp³-hybridized carbons (Fsp3) is 0. The number of nitrogens with zero attached hydrogens (tertiary/aromatic N) is 2. The first kappa shape index (κ1) is 12.6. The van der Waals surface area contributed by atoms with Crippen LogP contribution in [0, 0.1) is 0 Å². The molecule has 0 atom stereocenters. The highest BCUT2D eigenvalue weighted by Gasteiger charge is 2.10. The highest BCUT2D eigenvalue weighted by atomic mass is 16.6. The second-order valence-corrected chi connectivity index (χ2v) is 3.44. The first-order chi connectivity index (χ1) is 9.06. The van der Waals surface area contributed by atoms with Gasteiger partial charge in [-0.15, -0.1) is 0 Å². The molecule has 0 fully saturated rings. The molecule has 0 saturated carbocycles. The van der Waals surface area contributed by atoms with Crippen molar-refractivity contribution in [1.82, 2.24) is 9.97 Å². The van der Waals surface area contributed by atoms with Crippen molar-refractivity contribution in [3.05, 3.63) is 24.5 Å². The summed E-state index contributed by atoms with van der Waals surface area (Å²) in [6.45, 7) is 0. The van der Waals surface area contributed by atoms with E-state index in [1.165, 1.54) is 0 Å². The Labute approximate surface area is 107 Å². The molecule has 0 bridgehead atoms. The van der Waals surface area contributed by atoms with E-state index in [4.69, 9.17) is 19.5 Å². The first-order valence-electron chi connectivity index (χ1n) is 5.08. The van der Waals surface area contributed by atoms with Gasteiger partial charge in [0.05, 0.1) is 12.4 Å². The Hall–Kier alpha value is -2.84. The van der Waals surface area contributed by atoms with Crippen LogP contribution < -0.4 is 9.31 Å². The number of aromatic nitrogens is 2. The summed E-state index contributed by atoms with van der Waals surface area (Å²) in [5.74, 6) is -1.39. The lowest BCUT2D eigenvalue weighted by Crippen LogP contribution is -2.11. The van der Waals surface area contributed by atoms with Gasteiger partial charge >= 0.3 is 7.69 Å². The maximum atomic E-state index is 9.33. The fourth-order valence-electron chi connectivity index (χ4n) is 1.22. The van der Waals surface area contributed by atoms with Gasteiger partial charge in [-0.05, 0) is 0 Å². The number of rotatable bonds is 4. The van der Waals surface area contributed by atoms with E-state index in [0.29, 0.717) is 0 Å². The Kier molecular flexibility index (Phi) is 3.46. The summed E-state index contributed by atoms with van der Waals surface area (Å²) in [4.78, 5) is 6.92. The predicted octanol–water partition coefficient (Wildman–Crippen LogP) is 0.0233. The van der Waals surface area contributed by atoms with Crippen molar-refractivity contribution in [2.24, 2.45) is 0 Å². The third kappa shape index (κ3) is 3.09. The van der Waals surface area contributed by atoms with Crippen LogP contribution in [-0.4, -0.2) is 38.1 Å². The maximum Gasteiger partial charge on any atom is 0.576 e. The van der Waals surface area contributed by atoms with Gasteiger partial charge in [-0.25, -0.2) is 9.97 Å². The highest BCUT2D eigenvalue weighted by Crippen LogP contribution is 2.28. The normalized spacial score (nSPS) is 9.89. The zero-order chi connectivity index (χ0) is 13.8. The largest absolute Gasteiger partial charge is 0.576 e. The van der Waals surface area contributed by atoms with Gasteiger partial charge < -0.3 is 29.7 Å². The molecule has 0 aromatic carbocycles. The minimum absolute atomic E-state index is 0.0902. The Morgan fingerprint density at radius 2 is 1.21 bits per heavy atom. The number of hydrogen-bond donors (Lipinski definition) is 4. The van der Waals surface area contributed by atoms with Crippen LogP contribution in [0.1, 0.15) is 0 Å². The molecule has 0 saturated heterocycles. The predicted molar refractivity (Wildman–Crippen MR) is 63.5 cm³/mol. The molecule has 2 aromatic rings. The summed E-state index contributed by atoms with van der Waals surface area (Å²) in [5.41, 5.74) is 0. The van der Waals surface area contributed by atoms with E-state index in [1.807, 2.05) is 0 Å². The molecular weight excluding hydrogens is 255 g/mol. The smallest absolute Gasteiger partial charge is 0.525 e. The Morgan fingerprint density at radius 1 is 0.789 bits per heavy atom. The molecule has 0 spiro atoms. The standard InChI is InChI=1S/C10H9BN2O6/c14-5-1-7(9(16)12-3-5)18-11-19-8-2-6(15)4-13-10(8)17/h1-4,11,14-15H,(H,12,16)(H,13,17). The van der Waals surface area contributed by atoms with Gasteiger partial charge in [-0.3, -0.25) is 0 Å². The van der Waals surface area contributed by atoms with Crippen LogP contribution in [-0.2, 0) is 0 Å². The average Bonchev–Trinajstić information content (AvgIpc) is 2.38. The van der Waals surface area contributed by atoms with Crippen LogP contribution in [0.15, 0.2) is 24.5 Å². The second-order valence-electron chi connectivity index (χ2n) is 3.44. The van der Waals surface area contributed by atoms with E-state index in [1.54, 1.807) is 0 Å². The third-order valence-corrected chi connectivity index (χ3v) is 2.07. The first-order valence-corrected chi connectivity index (χ1v) is 5.08. The monoisotopic (exact) mass is 264 g/mol. The van der Waals surface area contributed by atoms with Gasteiger partial charge in [0.15, 0.2) is 11.5 Å². The zero-order valence-corrected chi connectivity index (χ0v) is 9.52. The summed E-state index contributed by atoms with van der Waals surface area (Å²) >= 11 is 0. The van der Waals surface area contributed by atoms with Gasteiger partial charge in [-0.1, -0.05) is 0 Å². The van der Waals surface area contributed by atoms with E-state index < -0.39 is 19.4 Å². The van der Waals surface area contributed by atoms with Crippen molar-refractivity contribution in [2.75, 3.05) is 0 Å². The fourth-order valence-corrected chi connectivity index (χ4v) is 1.22. The summed E-state index contributed by atoms with van der Waals surface area (Å²) in [6, 6.07) is 2.29. The van der Waals surface area contributed by atoms with E-state index in [-0.39, 0.29) is 23.0 Å². The van der Waals surface area contributed by atoms with Crippen molar-refractivity contribution < 1.29 is 29.7 Å². The molecule has 0 radical (unpaired) electrons. The molecule has 8 nitrogen and oxygen atoms in total. The molecule has 9 heteroatoms. The molecule has 2 heterocycles. The second kappa shape index (κ2) is 5.21. The van der Waals surface area contributed by atoms with Crippen LogP contribution in [0.4, 0.5) is 0 Å². The molecule has 0 amide bonds. The third-order valence-electron chi connectivity index (χ3n) is 2.07. The van der Waals surface area contributed by atoms with Crippen molar-refractivity contribution in [1.29, 1.82) is 0 Å². The molecule has 4 N–H and O–H groups in total. The van der Waals surface area contributed by atoms with Crippen LogP contribution in [0.5, 0.6) is 34.8 Å². The quantitative estimate of drug-likeness (QED) is 0.569. The van der Waals surface area contributed by atoms with Gasteiger partial charge in [-0.2, -0.15) is 0 Å². The lowest BCUT2D eigenvalue weighted by molar-refractivity contribution is 0.376. The van der Waals surface area contributed by atoms with Crippen molar-refractivity contribution in [3.63, 3.8) is 0 Å². The summed E-state index contributed by atoms with van der Waals surface area (Å²) in [5, 5.41) is 37.0. The van der Waals surface area contributed by atoms with E-state index in [2.05, 4.69) is 9.97 Å². The van der Waals surface area contributed by atoms with Gasteiger partial charge in [0.2, 0.25) is 0 Å². The van der Waals surface area contributed by atoms with Gasteiger partial charge in [0, 0.05) is 12.1 Å². The molecule has 2 aromatic heterocycles. The van der Waals surface area contributed by atoms with E-state index in [0.717, 1.165) is 24.5 Å².